The molecule has 0 aliphatic heterocycles. The first-order valence-electron chi connectivity index (χ1n) is 7.12. The van der Waals surface area contributed by atoms with Crippen LogP contribution in [0.3, 0.4) is 0 Å². The molecule has 1 heterocycles. The van der Waals surface area contributed by atoms with E-state index in [-0.39, 0.29) is 11.9 Å². The van der Waals surface area contributed by atoms with Crippen molar-refractivity contribution in [2.75, 3.05) is 6.54 Å². The Morgan fingerprint density at radius 2 is 2.21 bits per heavy atom. The van der Waals surface area contributed by atoms with Gasteiger partial charge in [0.2, 0.25) is 11.8 Å². The highest BCUT2D eigenvalue weighted by Crippen LogP contribution is 2.03. The predicted molar refractivity (Wildman–Crippen MR) is 74.7 cm³/mol. The van der Waals surface area contributed by atoms with E-state index in [0.717, 1.165) is 38.0 Å². The standard InChI is InChI=1S/C14H25N3O2/c1-4-6-7-8-15-14(18)11(3)16-10-13-17-9-12(5-2)19-13/h9,11,16H,4-8,10H2,1-3H3,(H,15,18). The number of carbonyl (C=O) groups is 1. The van der Waals surface area contributed by atoms with Crippen LogP contribution in [0.4, 0.5) is 0 Å². The lowest BCUT2D eigenvalue weighted by molar-refractivity contribution is -0.122. The molecule has 0 bridgehead atoms. The molecule has 5 nitrogen and oxygen atoms in total. The number of nitrogens with one attached hydrogen (secondary N) is 2. The molecule has 0 aliphatic carbocycles. The fourth-order valence-electron chi connectivity index (χ4n) is 1.67. The Hall–Kier alpha value is -1.36. The van der Waals surface area contributed by atoms with E-state index in [2.05, 4.69) is 22.5 Å². The predicted octanol–water partition coefficient (Wildman–Crippen LogP) is 2.02. The van der Waals surface area contributed by atoms with Gasteiger partial charge < -0.3 is 9.73 Å². The molecule has 0 radical (unpaired) electrons. The topological polar surface area (TPSA) is 67.2 Å². The molecule has 2 N–H and O–H groups in total. The molecule has 0 saturated heterocycles. The number of aromatic nitrogens is 1. The van der Waals surface area contributed by atoms with Crippen molar-refractivity contribution in [3.8, 4) is 0 Å². The van der Waals surface area contributed by atoms with Crippen LogP contribution in [0.1, 0.15) is 51.7 Å². The first-order chi connectivity index (χ1) is 9.17. The van der Waals surface area contributed by atoms with Gasteiger partial charge in [0.15, 0.2) is 0 Å². The Labute approximate surface area is 115 Å². The maximum absolute atomic E-state index is 11.8. The average molecular weight is 267 g/mol. The highest BCUT2D eigenvalue weighted by atomic mass is 16.4. The summed E-state index contributed by atoms with van der Waals surface area (Å²) in [5, 5.41) is 6.03. The molecular formula is C14H25N3O2. The van der Waals surface area contributed by atoms with Gasteiger partial charge in [-0.25, -0.2) is 4.98 Å². The molecule has 1 unspecified atom stereocenters. The van der Waals surface area contributed by atoms with Crippen LogP contribution in [-0.4, -0.2) is 23.5 Å². The summed E-state index contributed by atoms with van der Waals surface area (Å²) < 4.78 is 5.47. The minimum absolute atomic E-state index is 0.0263. The van der Waals surface area contributed by atoms with Gasteiger partial charge in [-0.2, -0.15) is 0 Å². The average Bonchev–Trinajstić information content (AvgIpc) is 2.88. The number of nitrogens with zero attached hydrogens (tertiary/aromatic N) is 1. The van der Waals surface area contributed by atoms with Crippen LogP contribution in [0.15, 0.2) is 10.6 Å². The lowest BCUT2D eigenvalue weighted by atomic mass is 10.2. The largest absolute Gasteiger partial charge is 0.444 e. The van der Waals surface area contributed by atoms with Crippen LogP contribution in [0.5, 0.6) is 0 Å². The summed E-state index contributed by atoms with van der Waals surface area (Å²) >= 11 is 0. The Bertz CT molecular complexity index is 377. The van der Waals surface area contributed by atoms with Crippen molar-refractivity contribution in [1.82, 2.24) is 15.6 Å². The molecule has 1 rings (SSSR count). The van der Waals surface area contributed by atoms with E-state index < -0.39 is 0 Å². The molecule has 1 amide bonds. The number of carbonyl (C=O) groups excluding carboxylic acids is 1. The summed E-state index contributed by atoms with van der Waals surface area (Å²) in [4.78, 5) is 15.9. The summed E-state index contributed by atoms with van der Waals surface area (Å²) in [6, 6.07) is -0.237. The maximum atomic E-state index is 11.8. The van der Waals surface area contributed by atoms with Crippen LogP contribution >= 0.6 is 0 Å². The fraction of sp³-hybridized carbons (Fsp3) is 0.714. The van der Waals surface area contributed by atoms with Gasteiger partial charge in [0, 0.05) is 13.0 Å². The number of hydrogen-bond donors (Lipinski definition) is 2. The highest BCUT2D eigenvalue weighted by Gasteiger charge is 2.12. The normalized spacial score (nSPS) is 12.4. The monoisotopic (exact) mass is 267 g/mol. The van der Waals surface area contributed by atoms with E-state index in [9.17, 15) is 4.79 Å². The van der Waals surface area contributed by atoms with Crippen molar-refractivity contribution in [2.45, 2.75) is 59.0 Å². The lowest BCUT2D eigenvalue weighted by Crippen LogP contribution is -2.42. The third-order valence-electron chi connectivity index (χ3n) is 2.98. The zero-order valence-corrected chi connectivity index (χ0v) is 12.2. The highest BCUT2D eigenvalue weighted by molar-refractivity contribution is 5.81. The van der Waals surface area contributed by atoms with Crippen molar-refractivity contribution in [3.05, 3.63) is 17.8 Å². The Morgan fingerprint density at radius 3 is 2.84 bits per heavy atom. The van der Waals surface area contributed by atoms with Gasteiger partial charge in [0.05, 0.1) is 18.8 Å². The van der Waals surface area contributed by atoms with Crippen LogP contribution in [0, 0.1) is 0 Å². The zero-order valence-electron chi connectivity index (χ0n) is 12.2. The van der Waals surface area contributed by atoms with Crippen molar-refractivity contribution in [2.24, 2.45) is 0 Å². The maximum Gasteiger partial charge on any atom is 0.236 e. The van der Waals surface area contributed by atoms with E-state index in [1.165, 1.54) is 0 Å². The molecule has 0 saturated carbocycles. The van der Waals surface area contributed by atoms with Gasteiger partial charge >= 0.3 is 0 Å². The molecule has 1 atom stereocenters. The zero-order chi connectivity index (χ0) is 14.1. The first kappa shape index (κ1) is 15.7. The Morgan fingerprint density at radius 1 is 1.42 bits per heavy atom. The van der Waals surface area contributed by atoms with E-state index >= 15 is 0 Å². The first-order valence-corrected chi connectivity index (χ1v) is 7.12. The van der Waals surface area contributed by atoms with Crippen molar-refractivity contribution < 1.29 is 9.21 Å². The van der Waals surface area contributed by atoms with Crippen LogP contribution in [0.25, 0.3) is 0 Å². The summed E-state index contributed by atoms with van der Waals surface area (Å²) in [5.41, 5.74) is 0. The van der Waals surface area contributed by atoms with E-state index in [4.69, 9.17) is 4.42 Å². The van der Waals surface area contributed by atoms with Gasteiger partial charge in [-0.1, -0.05) is 26.7 Å². The van der Waals surface area contributed by atoms with Crippen LogP contribution < -0.4 is 10.6 Å². The molecule has 19 heavy (non-hydrogen) atoms. The van der Waals surface area contributed by atoms with Gasteiger partial charge in [-0.05, 0) is 13.3 Å². The van der Waals surface area contributed by atoms with Gasteiger partial charge in [-0.15, -0.1) is 0 Å². The minimum atomic E-state index is -0.237. The summed E-state index contributed by atoms with van der Waals surface area (Å²) in [6.07, 6.45) is 5.91. The second-order valence-corrected chi connectivity index (χ2v) is 4.67. The number of hydrogen-bond acceptors (Lipinski definition) is 4. The SMILES string of the molecule is CCCCCNC(=O)C(C)NCc1ncc(CC)o1. The molecule has 108 valence electrons. The third-order valence-corrected chi connectivity index (χ3v) is 2.98. The number of aryl methyl sites for hydroxylation is 1. The number of unbranched alkanes of at least 4 members (excludes halogenated alkanes) is 2. The van der Waals surface area contributed by atoms with Crippen LogP contribution in [-0.2, 0) is 17.8 Å². The summed E-state index contributed by atoms with van der Waals surface area (Å²) in [7, 11) is 0. The molecule has 1 aromatic heterocycles. The molecule has 1 aromatic rings. The Kier molecular flexibility index (Phi) is 7.18. The minimum Gasteiger partial charge on any atom is -0.444 e. The molecule has 0 fully saturated rings. The fourth-order valence-corrected chi connectivity index (χ4v) is 1.67. The molecule has 0 aliphatic rings. The second kappa shape index (κ2) is 8.69. The second-order valence-electron chi connectivity index (χ2n) is 4.67. The summed E-state index contributed by atoms with van der Waals surface area (Å²) in [5.74, 6) is 1.52. The lowest BCUT2D eigenvalue weighted by Gasteiger charge is -2.12. The number of rotatable bonds is 9. The van der Waals surface area contributed by atoms with Gasteiger partial charge in [-0.3, -0.25) is 10.1 Å². The Balaban J connectivity index is 2.22. The molecule has 0 spiro atoms. The molecular weight excluding hydrogens is 242 g/mol. The van der Waals surface area contributed by atoms with E-state index in [1.807, 2.05) is 13.8 Å². The smallest absolute Gasteiger partial charge is 0.236 e. The molecule has 5 heteroatoms. The third kappa shape index (κ3) is 5.87. The number of oxazole rings is 1. The van der Waals surface area contributed by atoms with Crippen molar-refractivity contribution >= 4 is 5.91 Å². The van der Waals surface area contributed by atoms with E-state index in [0.29, 0.717) is 12.4 Å². The molecule has 0 aromatic carbocycles. The number of amides is 1. The van der Waals surface area contributed by atoms with Crippen LogP contribution in [0.2, 0.25) is 0 Å². The quantitative estimate of drug-likeness (QED) is 0.672. The summed E-state index contributed by atoms with van der Waals surface area (Å²) in [6.45, 7) is 7.23. The van der Waals surface area contributed by atoms with Crippen molar-refractivity contribution in [1.29, 1.82) is 0 Å². The van der Waals surface area contributed by atoms with Gasteiger partial charge in [0.25, 0.3) is 0 Å². The van der Waals surface area contributed by atoms with Gasteiger partial charge in [0.1, 0.15) is 5.76 Å². The van der Waals surface area contributed by atoms with Crippen molar-refractivity contribution in [3.63, 3.8) is 0 Å². The van der Waals surface area contributed by atoms with E-state index in [1.54, 1.807) is 6.20 Å².